The number of thiophene rings is 1. The average Bonchev–Trinajstić information content (AvgIpc) is 3.44. The zero-order valence-corrected chi connectivity index (χ0v) is 17.3. The van der Waals surface area contributed by atoms with Gasteiger partial charge in [0.2, 0.25) is 5.91 Å². The standard InChI is InChI=1S/C19H25N5O4S/c1-3-5-10-24-15(20)14(17(26)22-19(24)28)23(4-2)18(27)12-8-9-13(29-12)21-16(25)11-6-7-11/h8-9,11H,3-7,10,20H2,1-2H3,(H,21,25)(H,22,26,28). The number of H-pyrrole nitrogens is 1. The highest BCUT2D eigenvalue weighted by molar-refractivity contribution is 7.18. The Bertz CT molecular complexity index is 1030. The number of aromatic nitrogens is 2. The second kappa shape index (κ2) is 8.64. The van der Waals surface area contributed by atoms with Crippen LogP contribution < -0.4 is 27.2 Å². The molecule has 156 valence electrons. The first-order valence-electron chi connectivity index (χ1n) is 9.72. The van der Waals surface area contributed by atoms with Crippen LogP contribution in [0.1, 0.15) is 49.2 Å². The van der Waals surface area contributed by atoms with Gasteiger partial charge in [0.15, 0.2) is 5.69 Å². The molecule has 2 amide bonds. The summed E-state index contributed by atoms with van der Waals surface area (Å²) in [5.74, 6) is -0.420. The van der Waals surface area contributed by atoms with Crippen LogP contribution in [-0.2, 0) is 11.3 Å². The molecule has 0 saturated heterocycles. The van der Waals surface area contributed by atoms with Gasteiger partial charge in [0.25, 0.3) is 11.5 Å². The van der Waals surface area contributed by atoms with Crippen molar-refractivity contribution in [2.24, 2.45) is 5.92 Å². The van der Waals surface area contributed by atoms with Crippen molar-refractivity contribution in [3.05, 3.63) is 37.8 Å². The van der Waals surface area contributed by atoms with Crippen LogP contribution in [-0.4, -0.2) is 27.9 Å². The van der Waals surface area contributed by atoms with Crippen LogP contribution >= 0.6 is 11.3 Å². The number of nitrogens with one attached hydrogen (secondary N) is 2. The lowest BCUT2D eigenvalue weighted by molar-refractivity contribution is -0.117. The van der Waals surface area contributed by atoms with E-state index < -0.39 is 17.2 Å². The molecule has 2 aromatic heterocycles. The molecular formula is C19H25N5O4S. The van der Waals surface area contributed by atoms with E-state index >= 15 is 0 Å². The molecule has 1 saturated carbocycles. The molecule has 0 spiro atoms. The number of nitrogen functional groups attached to an aromatic ring is 1. The predicted octanol–water partition coefficient (Wildman–Crippen LogP) is 2.00. The Balaban J connectivity index is 1.90. The summed E-state index contributed by atoms with van der Waals surface area (Å²) in [6.07, 6.45) is 3.34. The summed E-state index contributed by atoms with van der Waals surface area (Å²) in [6, 6.07) is 3.28. The average molecular weight is 420 g/mol. The maximum atomic E-state index is 13.1. The smallest absolute Gasteiger partial charge is 0.330 e. The van der Waals surface area contributed by atoms with E-state index in [4.69, 9.17) is 5.73 Å². The molecule has 0 unspecified atom stereocenters. The highest BCUT2D eigenvalue weighted by atomic mass is 32.1. The fraction of sp³-hybridized carbons (Fsp3) is 0.474. The molecule has 0 atom stereocenters. The molecule has 0 aliphatic heterocycles. The number of aromatic amines is 1. The Morgan fingerprint density at radius 2 is 2.03 bits per heavy atom. The van der Waals surface area contributed by atoms with Gasteiger partial charge in [-0.1, -0.05) is 13.3 Å². The number of nitrogens with two attached hydrogens (primary N) is 1. The van der Waals surface area contributed by atoms with Gasteiger partial charge < -0.3 is 16.0 Å². The SMILES string of the molecule is CCCCn1c(N)c(N(CC)C(=O)c2ccc(NC(=O)C3CC3)s2)c(=O)[nH]c1=O. The third-order valence-electron chi connectivity index (χ3n) is 4.79. The van der Waals surface area contributed by atoms with Crippen molar-refractivity contribution >= 4 is 39.7 Å². The molecule has 0 radical (unpaired) electrons. The number of carbonyl (C=O) groups excluding carboxylic acids is 2. The molecule has 0 bridgehead atoms. The number of amides is 2. The number of hydrogen-bond donors (Lipinski definition) is 3. The summed E-state index contributed by atoms with van der Waals surface area (Å²) in [5, 5.41) is 3.39. The highest BCUT2D eigenvalue weighted by Gasteiger charge is 2.30. The Kier molecular flexibility index (Phi) is 6.21. The molecule has 1 fully saturated rings. The van der Waals surface area contributed by atoms with E-state index in [1.165, 1.54) is 9.47 Å². The molecule has 1 aliphatic rings. The monoisotopic (exact) mass is 419 g/mol. The Morgan fingerprint density at radius 3 is 2.66 bits per heavy atom. The van der Waals surface area contributed by atoms with Gasteiger partial charge in [-0.2, -0.15) is 0 Å². The first-order valence-corrected chi connectivity index (χ1v) is 10.5. The van der Waals surface area contributed by atoms with Crippen LogP contribution in [0.3, 0.4) is 0 Å². The van der Waals surface area contributed by atoms with E-state index in [9.17, 15) is 19.2 Å². The van der Waals surface area contributed by atoms with E-state index in [1.54, 1.807) is 19.1 Å². The van der Waals surface area contributed by atoms with Crippen LogP contribution in [0.15, 0.2) is 21.7 Å². The van der Waals surface area contributed by atoms with Gasteiger partial charge in [-0.05, 0) is 38.3 Å². The third kappa shape index (κ3) is 4.42. The van der Waals surface area contributed by atoms with Crippen molar-refractivity contribution < 1.29 is 9.59 Å². The zero-order chi connectivity index (χ0) is 21.1. The first-order chi connectivity index (χ1) is 13.9. The van der Waals surface area contributed by atoms with Gasteiger partial charge in [0.1, 0.15) is 5.82 Å². The van der Waals surface area contributed by atoms with E-state index in [2.05, 4.69) is 10.3 Å². The quantitative estimate of drug-likeness (QED) is 0.602. The maximum absolute atomic E-state index is 13.1. The number of unbranched alkanes of at least 4 members (excludes halogenated alkanes) is 1. The van der Waals surface area contributed by atoms with Gasteiger partial charge in [-0.3, -0.25) is 23.9 Å². The fourth-order valence-corrected chi connectivity index (χ4v) is 3.86. The summed E-state index contributed by atoms with van der Waals surface area (Å²) >= 11 is 1.14. The predicted molar refractivity (Wildman–Crippen MR) is 114 cm³/mol. The molecule has 2 heterocycles. The minimum atomic E-state index is -0.700. The Morgan fingerprint density at radius 1 is 1.31 bits per heavy atom. The zero-order valence-electron chi connectivity index (χ0n) is 16.5. The van der Waals surface area contributed by atoms with E-state index in [0.29, 0.717) is 22.8 Å². The number of rotatable bonds is 8. The number of anilines is 3. The molecule has 2 aromatic rings. The first kappa shape index (κ1) is 20.8. The second-order valence-corrected chi connectivity index (χ2v) is 8.06. The lowest BCUT2D eigenvalue weighted by Crippen LogP contribution is -2.41. The largest absolute Gasteiger partial charge is 0.383 e. The summed E-state index contributed by atoms with van der Waals surface area (Å²) in [7, 11) is 0. The van der Waals surface area contributed by atoms with Crippen molar-refractivity contribution in [3.63, 3.8) is 0 Å². The maximum Gasteiger partial charge on any atom is 0.330 e. The van der Waals surface area contributed by atoms with Crippen LogP contribution in [0.5, 0.6) is 0 Å². The molecule has 3 rings (SSSR count). The Hall–Kier alpha value is -2.88. The van der Waals surface area contributed by atoms with E-state index in [-0.39, 0.29) is 29.9 Å². The minimum absolute atomic E-state index is 0.0267. The number of nitrogens with zero attached hydrogens (tertiary/aromatic N) is 2. The molecular weight excluding hydrogens is 394 g/mol. The van der Waals surface area contributed by atoms with Crippen molar-refractivity contribution in [1.29, 1.82) is 0 Å². The number of hydrogen-bond acceptors (Lipinski definition) is 6. The molecule has 29 heavy (non-hydrogen) atoms. The highest BCUT2D eigenvalue weighted by Crippen LogP contribution is 2.32. The van der Waals surface area contributed by atoms with Crippen molar-refractivity contribution in [3.8, 4) is 0 Å². The van der Waals surface area contributed by atoms with Crippen LogP contribution in [0.25, 0.3) is 0 Å². The lowest BCUT2D eigenvalue weighted by atomic mass is 10.3. The fourth-order valence-electron chi connectivity index (χ4n) is 3.00. The van der Waals surface area contributed by atoms with Crippen molar-refractivity contribution in [1.82, 2.24) is 9.55 Å². The summed E-state index contributed by atoms with van der Waals surface area (Å²) in [4.78, 5) is 53.4. The van der Waals surface area contributed by atoms with E-state index in [1.807, 2.05) is 6.92 Å². The minimum Gasteiger partial charge on any atom is -0.383 e. The van der Waals surface area contributed by atoms with Gasteiger partial charge in [-0.25, -0.2) is 4.79 Å². The third-order valence-corrected chi connectivity index (χ3v) is 5.78. The lowest BCUT2D eigenvalue weighted by Gasteiger charge is -2.22. The normalized spacial score (nSPS) is 13.3. The molecule has 4 N–H and O–H groups in total. The molecule has 1 aliphatic carbocycles. The van der Waals surface area contributed by atoms with Gasteiger partial charge in [-0.15, -0.1) is 11.3 Å². The summed E-state index contributed by atoms with van der Waals surface area (Å²) < 4.78 is 1.28. The molecule has 0 aromatic carbocycles. The second-order valence-electron chi connectivity index (χ2n) is 6.98. The van der Waals surface area contributed by atoms with Crippen molar-refractivity contribution in [2.75, 3.05) is 22.5 Å². The van der Waals surface area contributed by atoms with E-state index in [0.717, 1.165) is 30.6 Å². The van der Waals surface area contributed by atoms with Gasteiger partial charge in [0.05, 0.1) is 9.88 Å². The van der Waals surface area contributed by atoms with Crippen molar-refractivity contribution in [2.45, 2.75) is 46.1 Å². The summed E-state index contributed by atoms with van der Waals surface area (Å²) in [5.41, 5.74) is 4.80. The van der Waals surface area contributed by atoms with Crippen LogP contribution in [0.2, 0.25) is 0 Å². The molecule has 10 heteroatoms. The topological polar surface area (TPSA) is 130 Å². The van der Waals surface area contributed by atoms with Gasteiger partial charge >= 0.3 is 5.69 Å². The molecule has 9 nitrogen and oxygen atoms in total. The Labute approximate surface area is 171 Å². The summed E-state index contributed by atoms with van der Waals surface area (Å²) in [6.45, 7) is 4.25. The van der Waals surface area contributed by atoms with Crippen LogP contribution in [0, 0.1) is 5.92 Å². The van der Waals surface area contributed by atoms with Crippen LogP contribution in [0.4, 0.5) is 16.5 Å². The van der Waals surface area contributed by atoms with Gasteiger partial charge in [0, 0.05) is 19.0 Å². The number of carbonyl (C=O) groups is 2.